The van der Waals surface area contributed by atoms with Gasteiger partial charge < -0.3 is 9.32 Å². The van der Waals surface area contributed by atoms with Crippen LogP contribution in [0.25, 0.3) is 22.1 Å². The molecule has 15 heteroatoms. The van der Waals surface area contributed by atoms with Gasteiger partial charge in [0.1, 0.15) is 5.58 Å². The van der Waals surface area contributed by atoms with Gasteiger partial charge in [0.25, 0.3) is 16.0 Å². The van der Waals surface area contributed by atoms with Gasteiger partial charge in [0.05, 0.1) is 29.5 Å². The molecule has 1 saturated heterocycles. The van der Waals surface area contributed by atoms with E-state index < -0.39 is 45.5 Å². The smallest absolute Gasteiger partial charge is 0.418 e. The average Bonchev–Trinajstić information content (AvgIpc) is 3.08. The van der Waals surface area contributed by atoms with Gasteiger partial charge in [0.2, 0.25) is 0 Å². The second kappa shape index (κ2) is 14.7. The van der Waals surface area contributed by atoms with Crippen molar-refractivity contribution in [1.82, 2.24) is 4.90 Å². The SMILES string of the molecule is CS(=O)(=O)ON(C(=O)Cc1c(-c2ccccc2)c2cc(CN3CCN(c4ccccc4)CC3)c(Cl)cc2oc1=O)c1ccc(Cl)cc1C(F)(F)F. The van der Waals surface area contributed by atoms with Crippen LogP contribution < -0.4 is 15.6 Å². The number of para-hydroxylation sites is 1. The number of piperazine rings is 1. The maximum atomic E-state index is 14.1. The molecule has 1 aromatic heterocycles. The third kappa shape index (κ3) is 8.40. The minimum absolute atomic E-state index is 0.00920. The summed E-state index contributed by atoms with van der Waals surface area (Å²) >= 11 is 12.5. The van der Waals surface area contributed by atoms with Crippen molar-refractivity contribution in [2.75, 3.05) is 42.4 Å². The molecule has 51 heavy (non-hydrogen) atoms. The molecule has 1 fully saturated rings. The number of nitrogens with zero attached hydrogens (tertiary/aromatic N) is 3. The van der Waals surface area contributed by atoms with Crippen LogP contribution in [0, 0.1) is 0 Å². The van der Waals surface area contributed by atoms with Crippen molar-refractivity contribution in [2.45, 2.75) is 19.1 Å². The Morgan fingerprint density at radius 3 is 2.20 bits per heavy atom. The lowest BCUT2D eigenvalue weighted by molar-refractivity contribution is -0.137. The molecule has 1 aliphatic rings. The number of hydroxylamine groups is 1. The van der Waals surface area contributed by atoms with E-state index in [1.165, 1.54) is 6.07 Å². The second-order valence-corrected chi connectivity index (χ2v) is 14.4. The highest BCUT2D eigenvalue weighted by atomic mass is 35.5. The molecule has 0 saturated carbocycles. The molecule has 0 atom stereocenters. The van der Waals surface area contributed by atoms with Crippen molar-refractivity contribution in [2.24, 2.45) is 0 Å². The monoisotopic (exact) mass is 759 g/mol. The second-order valence-electron chi connectivity index (χ2n) is 12.0. The zero-order chi connectivity index (χ0) is 36.5. The molecule has 0 N–H and O–H groups in total. The van der Waals surface area contributed by atoms with Crippen LogP contribution in [0.15, 0.2) is 100 Å². The molecule has 1 amide bonds. The number of alkyl halides is 3. The summed E-state index contributed by atoms with van der Waals surface area (Å²) in [5.41, 5.74) is -0.807. The topological polar surface area (TPSA) is 100 Å². The molecule has 0 radical (unpaired) electrons. The van der Waals surface area contributed by atoms with Crippen LogP contribution in [-0.2, 0) is 38.3 Å². The summed E-state index contributed by atoms with van der Waals surface area (Å²) in [6, 6.07) is 24.4. The van der Waals surface area contributed by atoms with E-state index in [4.69, 9.17) is 31.9 Å². The number of carbonyl (C=O) groups excluding carboxylic acids is 1. The zero-order valence-electron chi connectivity index (χ0n) is 27.0. The molecule has 0 spiro atoms. The normalized spacial score (nSPS) is 14.2. The van der Waals surface area contributed by atoms with E-state index in [9.17, 15) is 31.2 Å². The van der Waals surface area contributed by atoms with Gasteiger partial charge in [-0.3, -0.25) is 9.69 Å². The fourth-order valence-electron chi connectivity index (χ4n) is 6.05. The Hall–Kier alpha value is -4.40. The number of hydrogen-bond acceptors (Lipinski definition) is 8. The fourth-order valence-corrected chi connectivity index (χ4v) is 6.87. The maximum Gasteiger partial charge on any atom is 0.418 e. The highest BCUT2D eigenvalue weighted by molar-refractivity contribution is 7.86. The Bertz CT molecular complexity index is 2250. The molecule has 0 unspecified atom stereocenters. The van der Waals surface area contributed by atoms with Crippen LogP contribution in [0.1, 0.15) is 16.7 Å². The van der Waals surface area contributed by atoms with Gasteiger partial charge in [-0.2, -0.15) is 26.7 Å². The number of anilines is 2. The van der Waals surface area contributed by atoms with Gasteiger partial charge in [-0.25, -0.2) is 4.79 Å². The predicted molar refractivity (Wildman–Crippen MR) is 190 cm³/mol. The molecular formula is C36H30Cl2F3N3O6S. The maximum absolute atomic E-state index is 14.1. The molecule has 2 heterocycles. The molecule has 6 rings (SSSR count). The number of fused-ring (bicyclic) bond motifs is 1. The van der Waals surface area contributed by atoms with Crippen LogP contribution in [-0.4, -0.2) is 51.7 Å². The molecule has 266 valence electrons. The number of amides is 1. The molecular weight excluding hydrogens is 730 g/mol. The molecule has 9 nitrogen and oxygen atoms in total. The van der Waals surface area contributed by atoms with Gasteiger partial charge in [-0.05, 0) is 47.5 Å². The van der Waals surface area contributed by atoms with Gasteiger partial charge >= 0.3 is 11.8 Å². The predicted octanol–water partition coefficient (Wildman–Crippen LogP) is 7.57. The minimum atomic E-state index is -5.05. The Morgan fingerprint density at radius 1 is 0.922 bits per heavy atom. The third-order valence-electron chi connectivity index (χ3n) is 8.37. The Kier molecular flexibility index (Phi) is 10.5. The number of rotatable bonds is 9. The summed E-state index contributed by atoms with van der Waals surface area (Å²) in [7, 11) is -4.55. The van der Waals surface area contributed by atoms with Crippen LogP contribution >= 0.6 is 23.2 Å². The van der Waals surface area contributed by atoms with E-state index in [1.54, 1.807) is 36.4 Å². The molecule has 0 aliphatic carbocycles. The standard InChI is InChI=1S/C36H30Cl2F3N3O6S/c1-51(47,48)50-44(31-13-12-25(37)19-29(31)36(39,40)41)33(45)20-28-34(23-8-4-2-5-9-23)27-18-24(30(38)21-32(27)49-35(28)46)22-42-14-16-43(17-15-42)26-10-6-3-7-11-26/h2-13,18-19,21H,14-17,20,22H2,1H3. The quantitative estimate of drug-likeness (QED) is 0.112. The van der Waals surface area contributed by atoms with E-state index >= 15 is 0 Å². The molecule has 4 aromatic carbocycles. The number of benzene rings is 4. The van der Waals surface area contributed by atoms with E-state index in [-0.39, 0.29) is 26.8 Å². The van der Waals surface area contributed by atoms with Crippen LogP contribution in [0.5, 0.6) is 0 Å². The fraction of sp³-hybridized carbons (Fsp3) is 0.222. The van der Waals surface area contributed by atoms with Crippen LogP contribution in [0.3, 0.4) is 0 Å². The van der Waals surface area contributed by atoms with Gasteiger partial charge in [-0.15, -0.1) is 4.28 Å². The summed E-state index contributed by atoms with van der Waals surface area (Å²) in [5, 5.41) is 0.472. The first-order chi connectivity index (χ1) is 24.2. The Morgan fingerprint density at radius 2 is 1.57 bits per heavy atom. The molecule has 1 aliphatic heterocycles. The Labute approximate surface area is 301 Å². The lowest BCUT2D eigenvalue weighted by Crippen LogP contribution is -2.46. The van der Waals surface area contributed by atoms with Crippen molar-refractivity contribution >= 4 is 61.6 Å². The third-order valence-corrected chi connectivity index (χ3v) is 9.37. The first-order valence-corrected chi connectivity index (χ1v) is 18.2. The average molecular weight is 761 g/mol. The minimum Gasteiger partial charge on any atom is -0.422 e. The largest absolute Gasteiger partial charge is 0.422 e. The van der Waals surface area contributed by atoms with Crippen LogP contribution in [0.4, 0.5) is 24.5 Å². The zero-order valence-corrected chi connectivity index (χ0v) is 29.3. The summed E-state index contributed by atoms with van der Waals surface area (Å²) in [5.74, 6) is -1.29. The van der Waals surface area contributed by atoms with E-state index in [0.717, 1.165) is 49.6 Å². The van der Waals surface area contributed by atoms with Crippen molar-refractivity contribution in [1.29, 1.82) is 0 Å². The van der Waals surface area contributed by atoms with Gasteiger partial charge in [-0.1, -0.05) is 71.7 Å². The lowest BCUT2D eigenvalue weighted by atomic mass is 9.94. The van der Waals surface area contributed by atoms with Crippen molar-refractivity contribution in [3.8, 4) is 11.1 Å². The highest BCUT2D eigenvalue weighted by Crippen LogP contribution is 2.40. The number of halogens is 5. The first kappa shape index (κ1) is 36.4. The van der Waals surface area contributed by atoms with Crippen molar-refractivity contribution in [3.05, 3.63) is 128 Å². The van der Waals surface area contributed by atoms with Gasteiger partial charge in [0.15, 0.2) is 0 Å². The number of hydrogen-bond donors (Lipinski definition) is 0. The van der Waals surface area contributed by atoms with Gasteiger partial charge in [0, 0.05) is 65.5 Å². The van der Waals surface area contributed by atoms with Crippen molar-refractivity contribution < 1.29 is 35.1 Å². The van der Waals surface area contributed by atoms with E-state index in [0.29, 0.717) is 34.8 Å². The summed E-state index contributed by atoms with van der Waals surface area (Å²) in [4.78, 5) is 32.0. The highest BCUT2D eigenvalue weighted by Gasteiger charge is 2.38. The van der Waals surface area contributed by atoms with Crippen LogP contribution in [0.2, 0.25) is 10.0 Å². The summed E-state index contributed by atoms with van der Waals surface area (Å²) in [6.45, 7) is 3.55. The summed E-state index contributed by atoms with van der Waals surface area (Å²) in [6.07, 6.45) is -5.37. The summed E-state index contributed by atoms with van der Waals surface area (Å²) < 4.78 is 77.2. The van der Waals surface area contributed by atoms with Crippen molar-refractivity contribution in [3.63, 3.8) is 0 Å². The number of carbonyl (C=O) groups is 1. The van der Waals surface area contributed by atoms with E-state index in [2.05, 4.69) is 21.9 Å². The molecule has 5 aromatic rings. The Balaban J connectivity index is 1.40. The van der Waals surface area contributed by atoms with E-state index in [1.807, 2.05) is 18.2 Å². The first-order valence-electron chi connectivity index (χ1n) is 15.6. The lowest BCUT2D eigenvalue weighted by Gasteiger charge is -2.36. The molecule has 0 bridgehead atoms.